The third-order valence-corrected chi connectivity index (χ3v) is 4.49. The Morgan fingerprint density at radius 3 is 2.07 bits per heavy atom. The van der Waals surface area contributed by atoms with Gasteiger partial charge in [0.15, 0.2) is 0 Å². The monoisotopic (exact) mass is 397 g/mol. The van der Waals surface area contributed by atoms with E-state index in [4.69, 9.17) is 4.74 Å². The van der Waals surface area contributed by atoms with Gasteiger partial charge in [-0.15, -0.1) is 0 Å². The second-order valence-electron chi connectivity index (χ2n) is 7.21. The second-order valence-corrected chi connectivity index (χ2v) is 7.21. The lowest BCUT2D eigenvalue weighted by atomic mass is 10.0. The fraction of sp³-hybridized carbons (Fsp3) is 0.391. The maximum Gasteiger partial charge on any atom is 0.315 e. The lowest BCUT2D eigenvalue weighted by Crippen LogP contribution is -2.52. The minimum atomic E-state index is -0.608. The van der Waals surface area contributed by atoms with Crippen LogP contribution in [0.25, 0.3) is 0 Å². The van der Waals surface area contributed by atoms with E-state index in [1.165, 1.54) is 0 Å². The van der Waals surface area contributed by atoms with Crippen LogP contribution in [0.4, 0.5) is 4.79 Å². The molecule has 6 heteroatoms. The summed E-state index contributed by atoms with van der Waals surface area (Å²) in [6, 6.07) is 16.6. The zero-order chi connectivity index (χ0) is 21.1. The molecule has 0 radical (unpaired) electrons. The molecule has 2 aromatic rings. The SMILES string of the molecule is CCOCc1ccc(CNC(=O)[C@@H](NC(=O)NCc2ccccc2)C(C)C)cc1. The van der Waals surface area contributed by atoms with Crippen molar-refractivity contribution >= 4 is 11.9 Å². The molecular weight excluding hydrogens is 366 g/mol. The number of nitrogens with one attached hydrogen (secondary N) is 3. The Bertz CT molecular complexity index is 761. The van der Waals surface area contributed by atoms with Crippen molar-refractivity contribution in [1.82, 2.24) is 16.0 Å². The number of carbonyl (C=O) groups excluding carboxylic acids is 2. The van der Waals surface area contributed by atoms with Gasteiger partial charge in [0.2, 0.25) is 5.91 Å². The number of urea groups is 1. The Morgan fingerprint density at radius 2 is 1.45 bits per heavy atom. The van der Waals surface area contributed by atoms with E-state index in [0.29, 0.717) is 26.3 Å². The molecule has 1 atom stereocenters. The van der Waals surface area contributed by atoms with Crippen LogP contribution in [-0.2, 0) is 29.2 Å². The third kappa shape index (κ3) is 7.95. The summed E-state index contributed by atoms with van der Waals surface area (Å²) in [5.41, 5.74) is 3.09. The number of amides is 3. The summed E-state index contributed by atoms with van der Waals surface area (Å²) >= 11 is 0. The van der Waals surface area contributed by atoms with Crippen molar-refractivity contribution < 1.29 is 14.3 Å². The summed E-state index contributed by atoms with van der Waals surface area (Å²) in [6.07, 6.45) is 0. The van der Waals surface area contributed by atoms with Crippen LogP contribution in [0.3, 0.4) is 0 Å². The van der Waals surface area contributed by atoms with Crippen LogP contribution in [0.2, 0.25) is 0 Å². The molecule has 3 amide bonds. The minimum Gasteiger partial charge on any atom is -0.377 e. The highest BCUT2D eigenvalue weighted by atomic mass is 16.5. The summed E-state index contributed by atoms with van der Waals surface area (Å²) in [5.74, 6) is -0.237. The summed E-state index contributed by atoms with van der Waals surface area (Å²) in [4.78, 5) is 24.8. The normalized spacial score (nSPS) is 11.7. The molecule has 0 saturated heterocycles. The first-order chi connectivity index (χ1) is 14.0. The Hall–Kier alpha value is -2.86. The van der Waals surface area contributed by atoms with Crippen LogP contribution in [0, 0.1) is 5.92 Å². The number of hydrogen-bond acceptors (Lipinski definition) is 3. The van der Waals surface area contributed by atoms with E-state index < -0.39 is 6.04 Å². The highest BCUT2D eigenvalue weighted by Crippen LogP contribution is 2.07. The van der Waals surface area contributed by atoms with Gasteiger partial charge in [-0.3, -0.25) is 4.79 Å². The van der Waals surface area contributed by atoms with Gasteiger partial charge in [0, 0.05) is 19.7 Å². The third-order valence-electron chi connectivity index (χ3n) is 4.49. The van der Waals surface area contributed by atoms with Crippen molar-refractivity contribution in [3.63, 3.8) is 0 Å². The van der Waals surface area contributed by atoms with Crippen LogP contribution in [0.5, 0.6) is 0 Å². The topological polar surface area (TPSA) is 79.5 Å². The van der Waals surface area contributed by atoms with Gasteiger partial charge >= 0.3 is 6.03 Å². The number of benzene rings is 2. The standard InChI is InChI=1S/C23H31N3O3/c1-4-29-16-20-12-10-19(11-13-20)14-24-22(27)21(17(2)3)26-23(28)25-15-18-8-6-5-7-9-18/h5-13,17,21H,4,14-16H2,1-3H3,(H,24,27)(H2,25,26,28)/t21-/m0/s1. The van der Waals surface area contributed by atoms with Crippen LogP contribution >= 0.6 is 0 Å². The predicted octanol–water partition coefficient (Wildman–Crippen LogP) is 3.36. The number of hydrogen-bond donors (Lipinski definition) is 3. The quantitative estimate of drug-likeness (QED) is 0.575. The molecule has 0 aliphatic carbocycles. The van der Waals surface area contributed by atoms with Crippen molar-refractivity contribution in [2.24, 2.45) is 5.92 Å². The molecule has 0 bridgehead atoms. The van der Waals surface area contributed by atoms with Crippen molar-refractivity contribution in [1.29, 1.82) is 0 Å². The fourth-order valence-corrected chi connectivity index (χ4v) is 2.78. The number of rotatable bonds is 10. The van der Waals surface area contributed by atoms with E-state index in [2.05, 4.69) is 16.0 Å². The summed E-state index contributed by atoms with van der Waals surface area (Å²) in [7, 11) is 0. The second kappa shape index (κ2) is 11.9. The van der Waals surface area contributed by atoms with E-state index in [1.807, 2.05) is 75.4 Å². The molecule has 0 heterocycles. The largest absolute Gasteiger partial charge is 0.377 e. The number of carbonyl (C=O) groups is 2. The van der Waals surface area contributed by atoms with E-state index in [9.17, 15) is 9.59 Å². The van der Waals surface area contributed by atoms with Crippen molar-refractivity contribution in [2.75, 3.05) is 6.61 Å². The van der Waals surface area contributed by atoms with Crippen LogP contribution < -0.4 is 16.0 Å². The molecule has 29 heavy (non-hydrogen) atoms. The number of ether oxygens (including phenoxy) is 1. The van der Waals surface area contributed by atoms with Gasteiger partial charge < -0.3 is 20.7 Å². The summed E-state index contributed by atoms with van der Waals surface area (Å²) in [6.45, 7) is 7.86. The first-order valence-corrected chi connectivity index (χ1v) is 10.0. The highest BCUT2D eigenvalue weighted by Gasteiger charge is 2.23. The predicted molar refractivity (Wildman–Crippen MR) is 114 cm³/mol. The average molecular weight is 398 g/mol. The zero-order valence-corrected chi connectivity index (χ0v) is 17.4. The minimum absolute atomic E-state index is 0.0361. The zero-order valence-electron chi connectivity index (χ0n) is 17.4. The van der Waals surface area contributed by atoms with Gasteiger partial charge in [0.05, 0.1) is 6.61 Å². The fourth-order valence-electron chi connectivity index (χ4n) is 2.78. The van der Waals surface area contributed by atoms with Crippen molar-refractivity contribution in [2.45, 2.75) is 46.5 Å². The van der Waals surface area contributed by atoms with Gasteiger partial charge in [0.1, 0.15) is 6.04 Å². The smallest absolute Gasteiger partial charge is 0.315 e. The van der Waals surface area contributed by atoms with E-state index in [-0.39, 0.29) is 17.9 Å². The molecule has 0 unspecified atom stereocenters. The molecule has 2 rings (SSSR count). The molecule has 156 valence electrons. The maximum atomic E-state index is 12.6. The maximum absolute atomic E-state index is 12.6. The first kappa shape index (κ1) is 22.4. The Kier molecular flexibility index (Phi) is 9.18. The van der Waals surface area contributed by atoms with E-state index in [1.54, 1.807) is 0 Å². The first-order valence-electron chi connectivity index (χ1n) is 10.0. The molecule has 0 aliphatic heterocycles. The molecule has 2 aromatic carbocycles. The van der Waals surface area contributed by atoms with Gasteiger partial charge in [0.25, 0.3) is 0 Å². The van der Waals surface area contributed by atoms with Gasteiger partial charge in [-0.25, -0.2) is 4.79 Å². The molecule has 0 aromatic heterocycles. The van der Waals surface area contributed by atoms with E-state index >= 15 is 0 Å². The van der Waals surface area contributed by atoms with Crippen molar-refractivity contribution in [3.8, 4) is 0 Å². The lowest BCUT2D eigenvalue weighted by molar-refractivity contribution is -0.124. The molecule has 3 N–H and O–H groups in total. The Balaban J connectivity index is 1.82. The Morgan fingerprint density at radius 1 is 0.862 bits per heavy atom. The molecule has 0 saturated carbocycles. The highest BCUT2D eigenvalue weighted by molar-refractivity contribution is 5.87. The molecule has 0 spiro atoms. The lowest BCUT2D eigenvalue weighted by Gasteiger charge is -2.22. The molecular formula is C23H31N3O3. The molecule has 0 fully saturated rings. The average Bonchev–Trinajstić information content (AvgIpc) is 2.74. The summed E-state index contributed by atoms with van der Waals surface area (Å²) in [5, 5.41) is 8.48. The van der Waals surface area contributed by atoms with Gasteiger partial charge in [-0.05, 0) is 29.5 Å². The van der Waals surface area contributed by atoms with Crippen molar-refractivity contribution in [3.05, 3.63) is 71.3 Å². The molecule has 6 nitrogen and oxygen atoms in total. The van der Waals surface area contributed by atoms with Crippen LogP contribution in [0.15, 0.2) is 54.6 Å². The van der Waals surface area contributed by atoms with Crippen LogP contribution in [-0.4, -0.2) is 24.6 Å². The van der Waals surface area contributed by atoms with Gasteiger partial charge in [-0.1, -0.05) is 68.4 Å². The van der Waals surface area contributed by atoms with E-state index in [0.717, 1.165) is 16.7 Å². The van der Waals surface area contributed by atoms with Crippen LogP contribution in [0.1, 0.15) is 37.5 Å². The summed E-state index contributed by atoms with van der Waals surface area (Å²) < 4.78 is 5.38. The van der Waals surface area contributed by atoms with Gasteiger partial charge in [-0.2, -0.15) is 0 Å². The Labute approximate surface area is 173 Å². The molecule has 0 aliphatic rings.